The fraction of sp³-hybridized carbons (Fsp3) is 0.641. The van der Waals surface area contributed by atoms with Gasteiger partial charge in [0.2, 0.25) is 5.78 Å². The molecule has 8 N–H and O–H groups in total. The molecule has 4 amide bonds. The molecule has 0 spiro atoms. The number of nitrogens with one attached hydrogen (secondary N) is 4. The van der Waals surface area contributed by atoms with Gasteiger partial charge in [0.1, 0.15) is 48.5 Å². The summed E-state index contributed by atoms with van der Waals surface area (Å²) in [4.78, 5) is 103. The van der Waals surface area contributed by atoms with Crippen LogP contribution in [-0.2, 0) is 84.0 Å². The van der Waals surface area contributed by atoms with Crippen LogP contribution in [-0.4, -0.2) is 145 Å². The number of carbonyl (C=O) groups excluding carboxylic acids is 8. The van der Waals surface area contributed by atoms with Gasteiger partial charge in [-0.2, -0.15) is 0 Å². The molecular weight excluding hydrogens is 1460 g/mol. The molecule has 0 aliphatic carbocycles. The second-order valence-electron chi connectivity index (χ2n) is 26.5. The number of benzene rings is 2. The number of carboxylic acid groups (broad SMARTS) is 1. The maximum absolute atomic E-state index is 12.2. The largest absolute Gasteiger partial charge is 1.00 e. The summed E-state index contributed by atoms with van der Waals surface area (Å²) in [6, 6.07) is 16.7. The molecule has 0 aromatic heterocycles. The molecular formula is C64H113BLiN4O22PU. The minimum atomic E-state index is -3.90. The first-order valence-electron chi connectivity index (χ1n) is 29.0. The van der Waals surface area contributed by atoms with Crippen molar-refractivity contribution in [3.05, 3.63) is 83.6 Å². The third-order valence-corrected chi connectivity index (χ3v) is 12.7. The van der Waals surface area contributed by atoms with Crippen LogP contribution in [0.3, 0.4) is 0 Å². The van der Waals surface area contributed by atoms with Crippen LogP contribution in [0, 0.1) is 52.8 Å². The van der Waals surface area contributed by atoms with Crippen molar-refractivity contribution in [2.24, 2.45) is 21.7 Å². The smallest absolute Gasteiger partial charge is 0.870 e. The van der Waals surface area contributed by atoms with E-state index in [1.165, 1.54) is 14.2 Å². The molecule has 0 bridgehead atoms. The molecule has 30 heteroatoms. The van der Waals surface area contributed by atoms with Crippen LogP contribution in [0.2, 0.25) is 0 Å². The molecule has 0 saturated heterocycles. The van der Waals surface area contributed by atoms with E-state index in [1.54, 1.807) is 71.9 Å². The van der Waals surface area contributed by atoms with E-state index in [0.717, 1.165) is 45.2 Å². The van der Waals surface area contributed by atoms with Crippen molar-refractivity contribution < 1.29 is 156 Å². The van der Waals surface area contributed by atoms with Gasteiger partial charge in [-0.15, -0.1) is 0 Å². The van der Waals surface area contributed by atoms with Gasteiger partial charge in [0.15, 0.2) is 0 Å². The van der Waals surface area contributed by atoms with Crippen molar-refractivity contribution in [1.82, 2.24) is 21.3 Å². The van der Waals surface area contributed by atoms with Crippen LogP contribution < -0.4 is 40.1 Å². The Bertz CT molecular complexity index is 2530. The summed E-state index contributed by atoms with van der Waals surface area (Å²) >= 11 is 0. The van der Waals surface area contributed by atoms with Gasteiger partial charge in [-0.3, -0.25) is 15.2 Å². The van der Waals surface area contributed by atoms with Crippen molar-refractivity contribution in [2.45, 2.75) is 213 Å². The van der Waals surface area contributed by atoms with Crippen molar-refractivity contribution in [2.75, 3.05) is 35.5 Å². The Balaban J connectivity index is -0.000000140. The van der Waals surface area contributed by atoms with E-state index in [4.69, 9.17) is 39.2 Å². The maximum Gasteiger partial charge on any atom is 1.00 e. The number of alkyl carbamates (subject to hydrolysis) is 4. The fourth-order valence-electron chi connectivity index (χ4n) is 6.07. The summed E-state index contributed by atoms with van der Waals surface area (Å²) in [5, 5.41) is 18.6. The Morgan fingerprint density at radius 1 is 0.553 bits per heavy atom. The van der Waals surface area contributed by atoms with Gasteiger partial charge in [0.25, 0.3) is 0 Å². The standard InChI is InChI=1S/C17H23NO4.C14H27NO4.C13H18NO7P.C13H25NO4.C6H12O.CH4.BH.Li.2H2O.U/c1-17(2,3)11-10-14(15(19)21-4)18-16(20)22-12-13-8-6-5-7-9-13;1-13(2,3)9-8-10(11(16)18-7)15-12(17)19-14(4,5)6;1-18-12(15)11(22(17,19-2)20-3)14-13(16)21-9-10-7-5-4-6-8-10;1-12(2,3)8-7-9(10(15)16)14-11(17)18-13(4,5)6;1-6(2,3)4-5-7;;;;;;/h5-10H,11-12H2,1-4H3,(H,18,20);10H,8-9H2,1-7H3,(H,15,17);4-8,11H,9H2,1-3H3,(H,14,16);9H,7-8H2,1-6H3,(H,14,17)(H,15,16);5H,4H2,1-3H3;1H4;1H;;2*1H2;/q;;;;;;;+1;;;/p-1/b14-10-;;;;;;;;;;/i;;;;;;1D;;;;. The van der Waals surface area contributed by atoms with E-state index >= 15 is 0 Å². The van der Waals surface area contributed by atoms with E-state index in [2.05, 4.69) is 59.9 Å². The zero-order chi connectivity index (χ0) is 70.9. The molecule has 3 atom stereocenters. The number of hydrogen-bond donors (Lipinski definition) is 5. The molecule has 0 fully saturated rings. The number of ether oxygens (including phenoxy) is 7. The van der Waals surface area contributed by atoms with Gasteiger partial charge in [-0.25, -0.2) is 38.4 Å². The first-order valence-corrected chi connectivity index (χ1v) is 30.1. The van der Waals surface area contributed by atoms with E-state index in [-0.39, 0.29) is 109 Å². The number of carboxylic acids is 1. The third-order valence-electron chi connectivity index (χ3n) is 10.7. The molecule has 0 aliphatic rings. The second kappa shape index (κ2) is 52.7. The Hall–Kier alpha value is -5.41. The fourth-order valence-corrected chi connectivity index (χ4v) is 7.26. The van der Waals surface area contributed by atoms with E-state index in [0.29, 0.717) is 32.1 Å². The monoisotopic (exact) mass is 1580 g/mol. The Kier molecular flexibility index (Phi) is 58.7. The number of allylic oxidation sites excluding steroid dienone is 1. The average Bonchev–Trinajstić information content (AvgIpc) is 0.846. The molecule has 3 unspecified atom stereocenters. The number of aldehydes is 1. The van der Waals surface area contributed by atoms with Crippen molar-refractivity contribution in [1.29, 1.82) is 1.34 Å². The van der Waals surface area contributed by atoms with E-state index in [9.17, 15) is 47.7 Å². The van der Waals surface area contributed by atoms with Gasteiger partial charge in [0.05, 0.1) is 21.3 Å². The number of amides is 4. The summed E-state index contributed by atoms with van der Waals surface area (Å²) in [7, 11) is 5.70. The van der Waals surface area contributed by atoms with Crippen LogP contribution in [0.15, 0.2) is 72.4 Å². The summed E-state index contributed by atoms with van der Waals surface area (Å²) in [5.74, 6) is -4.67. The molecule has 0 saturated carbocycles. The predicted molar refractivity (Wildman–Crippen MR) is 354 cm³/mol. The summed E-state index contributed by atoms with van der Waals surface area (Å²) in [6.45, 7) is 35.2. The molecule has 534 valence electrons. The van der Waals surface area contributed by atoms with Gasteiger partial charge >= 0.3 is 74.7 Å². The van der Waals surface area contributed by atoms with Crippen molar-refractivity contribution in [3.63, 3.8) is 0 Å². The van der Waals surface area contributed by atoms with Gasteiger partial charge < -0.3 is 73.7 Å². The molecule has 94 heavy (non-hydrogen) atoms. The summed E-state index contributed by atoms with van der Waals surface area (Å²) < 4.78 is 60.9. The minimum Gasteiger partial charge on any atom is -0.870 e. The summed E-state index contributed by atoms with van der Waals surface area (Å²) in [6.07, 6.45) is 3.37. The topological polar surface area (TPSA) is 384 Å². The van der Waals surface area contributed by atoms with Crippen molar-refractivity contribution in [3.8, 4) is 0 Å². The van der Waals surface area contributed by atoms with Crippen LogP contribution >= 0.6 is 7.60 Å². The number of esters is 3. The first kappa shape index (κ1) is 105. The first-order chi connectivity index (χ1) is 41.2. The second-order valence-corrected chi connectivity index (χ2v) is 28.8. The molecule has 0 heterocycles. The molecule has 2 radical (unpaired) electrons. The molecule has 0 aliphatic heterocycles. The molecule has 2 aromatic carbocycles. The van der Waals surface area contributed by atoms with E-state index in [1.807, 2.05) is 98.7 Å². The average molecular weight is 1580 g/mol. The quantitative estimate of drug-likeness (QED) is 0.0195. The number of rotatable bonds is 21. The van der Waals surface area contributed by atoms with Gasteiger partial charge in [-0.05, 0) is 108 Å². The molecule has 2 aromatic rings. The van der Waals surface area contributed by atoms with Crippen LogP contribution in [0.25, 0.3) is 0 Å². The SMILES string of the molecule is C.CC(C)(C)CC=O.CC(C)(C)CCC(NC(=O)OC(C)(C)C)C(=O)O.COC(=O)/C(=C/CC(C)(C)C)NC(=O)OCc1ccccc1.COC(=O)C(CCC(C)(C)C)NC(=O)OC(C)(C)C.COC(=O)C(NC(=O)OCc1ccccc1)P(=O)(OC)OC.O.[2H][B].[Li+].[OH-].[U]. The molecule has 2 rings (SSSR count). The minimum absolute atomic E-state index is 0. The zero-order valence-corrected chi connectivity index (χ0v) is 64.6. The third kappa shape index (κ3) is 60.3. The van der Waals surface area contributed by atoms with Gasteiger partial charge in [0, 0.05) is 60.1 Å². The maximum atomic E-state index is 12.2. The predicted octanol–water partition coefficient (Wildman–Crippen LogP) is 8.58. The summed E-state index contributed by atoms with van der Waals surface area (Å²) in [5.41, 5.74) is 0.800. The zero-order valence-electron chi connectivity index (χ0n) is 60.5. The van der Waals surface area contributed by atoms with Crippen LogP contribution in [0.5, 0.6) is 0 Å². The van der Waals surface area contributed by atoms with E-state index < -0.39 is 84.9 Å². The van der Waals surface area contributed by atoms with Crippen LogP contribution in [0.4, 0.5) is 19.2 Å². The van der Waals surface area contributed by atoms with Gasteiger partial charge in [-0.1, -0.05) is 157 Å². The number of hydrogen-bond acceptors (Lipinski definition) is 20. The Labute approximate surface area is 599 Å². The Morgan fingerprint density at radius 3 is 1.21 bits per heavy atom. The number of aliphatic carboxylic acids is 1. The van der Waals surface area contributed by atoms with Crippen molar-refractivity contribution >= 4 is 70.5 Å². The number of methoxy groups -OCH3 is 3. The molecule has 26 nitrogen and oxygen atoms in total. The number of carbonyl (C=O) groups is 9. The van der Waals surface area contributed by atoms with Crippen LogP contribution in [0.1, 0.15) is 182 Å². The normalized spacial score (nSPS) is 11.9. The Morgan fingerprint density at radius 2 is 0.915 bits per heavy atom.